The summed E-state index contributed by atoms with van der Waals surface area (Å²) in [6.45, 7) is 1.91. The average molecular weight is 489 g/mol. The minimum Gasteiger partial charge on any atom is -0.502 e. The van der Waals surface area contributed by atoms with E-state index in [0.717, 1.165) is 27.1 Å². The van der Waals surface area contributed by atoms with Gasteiger partial charge in [-0.2, -0.15) is 5.10 Å². The number of hydrogen-bond donors (Lipinski definition) is 3. The van der Waals surface area contributed by atoms with Gasteiger partial charge in [-0.05, 0) is 59.3 Å². The fourth-order valence-electron chi connectivity index (χ4n) is 2.06. The van der Waals surface area contributed by atoms with Crippen LogP contribution in [0.3, 0.4) is 0 Å². The first-order valence-electron chi connectivity index (χ1n) is 7.26. The molecular formula is C16H14ClIN4O4. The summed E-state index contributed by atoms with van der Waals surface area (Å²) in [6.07, 6.45) is 1.09. The van der Waals surface area contributed by atoms with Gasteiger partial charge < -0.3 is 10.4 Å². The predicted octanol–water partition coefficient (Wildman–Crippen LogP) is 3.43. The summed E-state index contributed by atoms with van der Waals surface area (Å²) in [5.74, 6) is -1.000. The second-order valence-corrected chi connectivity index (χ2v) is 6.91. The molecule has 0 aliphatic rings. The number of phenols is 1. The van der Waals surface area contributed by atoms with Crippen LogP contribution in [-0.4, -0.2) is 28.7 Å². The number of nitro benzene ring substituents is 1. The van der Waals surface area contributed by atoms with E-state index in [1.165, 1.54) is 6.07 Å². The van der Waals surface area contributed by atoms with E-state index in [0.29, 0.717) is 0 Å². The Morgan fingerprint density at radius 2 is 2.15 bits per heavy atom. The second-order valence-electron chi connectivity index (χ2n) is 5.23. The lowest BCUT2D eigenvalue weighted by Gasteiger charge is -2.08. The first-order valence-corrected chi connectivity index (χ1v) is 8.72. The molecule has 0 saturated carbocycles. The largest absolute Gasteiger partial charge is 0.502 e. The van der Waals surface area contributed by atoms with Crippen LogP contribution in [0.25, 0.3) is 0 Å². The molecule has 0 saturated heterocycles. The summed E-state index contributed by atoms with van der Waals surface area (Å²) < 4.78 is 1.09. The van der Waals surface area contributed by atoms with Crippen molar-refractivity contribution < 1.29 is 14.8 Å². The third-order valence-electron chi connectivity index (χ3n) is 3.30. The highest BCUT2D eigenvalue weighted by Gasteiger charge is 2.17. The second kappa shape index (κ2) is 8.81. The van der Waals surface area contributed by atoms with E-state index >= 15 is 0 Å². The number of hydrogen-bond acceptors (Lipinski definition) is 6. The zero-order valence-corrected chi connectivity index (χ0v) is 16.4. The van der Waals surface area contributed by atoms with Crippen molar-refractivity contribution in [2.75, 3.05) is 11.9 Å². The Balaban J connectivity index is 1.98. The Morgan fingerprint density at radius 3 is 2.81 bits per heavy atom. The number of nitro groups is 1. The number of nitrogens with one attached hydrogen (secondary N) is 2. The summed E-state index contributed by atoms with van der Waals surface area (Å²) in [5, 5.41) is 27.4. The molecule has 2 aromatic rings. The Bertz CT molecular complexity index is 889. The van der Waals surface area contributed by atoms with E-state index in [2.05, 4.69) is 38.4 Å². The van der Waals surface area contributed by atoms with Crippen LogP contribution in [0.5, 0.6) is 5.75 Å². The molecule has 0 heterocycles. The Hall–Kier alpha value is -2.40. The van der Waals surface area contributed by atoms with Gasteiger partial charge in [0.1, 0.15) is 0 Å². The highest BCUT2D eigenvalue weighted by atomic mass is 127. The number of carbonyl (C=O) groups is 1. The number of phenolic OH excluding ortho intramolecular Hbond substituents is 1. The smallest absolute Gasteiger partial charge is 0.312 e. The monoisotopic (exact) mass is 488 g/mol. The molecule has 0 spiro atoms. The maximum Gasteiger partial charge on any atom is 0.312 e. The normalized spacial score (nSPS) is 10.7. The number of nitrogens with zero attached hydrogens (tertiary/aromatic N) is 2. The first-order chi connectivity index (χ1) is 12.3. The molecule has 1 amide bonds. The fraction of sp³-hybridized carbons (Fsp3) is 0.125. The predicted molar refractivity (Wildman–Crippen MR) is 108 cm³/mol. The quantitative estimate of drug-likeness (QED) is 0.249. The summed E-state index contributed by atoms with van der Waals surface area (Å²) in [4.78, 5) is 21.9. The fourth-order valence-corrected chi connectivity index (χ4v) is 2.93. The molecule has 0 aliphatic heterocycles. The molecule has 8 nitrogen and oxygen atoms in total. The minimum absolute atomic E-state index is 0.0134. The lowest BCUT2D eigenvalue weighted by atomic mass is 10.2. The summed E-state index contributed by atoms with van der Waals surface area (Å²) in [6, 6.07) is 8.10. The molecule has 0 atom stereocenters. The van der Waals surface area contributed by atoms with Crippen molar-refractivity contribution in [3.8, 4) is 5.75 Å². The van der Waals surface area contributed by atoms with E-state index in [1.807, 2.05) is 25.1 Å². The number of amides is 1. The van der Waals surface area contributed by atoms with E-state index in [-0.39, 0.29) is 17.1 Å². The van der Waals surface area contributed by atoms with Crippen molar-refractivity contribution in [1.29, 1.82) is 0 Å². The molecule has 2 aromatic carbocycles. The van der Waals surface area contributed by atoms with Crippen LogP contribution < -0.4 is 10.7 Å². The number of benzene rings is 2. The van der Waals surface area contributed by atoms with Gasteiger partial charge >= 0.3 is 5.69 Å². The van der Waals surface area contributed by atoms with Crippen molar-refractivity contribution >= 4 is 57.7 Å². The highest BCUT2D eigenvalue weighted by molar-refractivity contribution is 14.1. The van der Waals surface area contributed by atoms with Crippen LogP contribution in [0.2, 0.25) is 5.02 Å². The Morgan fingerprint density at radius 1 is 1.42 bits per heavy atom. The number of aryl methyl sites for hydroxylation is 1. The van der Waals surface area contributed by atoms with Crippen LogP contribution >= 0.6 is 34.2 Å². The van der Waals surface area contributed by atoms with Crippen molar-refractivity contribution in [2.45, 2.75) is 6.92 Å². The molecule has 3 N–H and O–H groups in total. The maximum atomic E-state index is 11.8. The molecule has 0 aromatic heterocycles. The van der Waals surface area contributed by atoms with Gasteiger partial charge in [-0.25, -0.2) is 5.43 Å². The number of halogens is 2. The van der Waals surface area contributed by atoms with Gasteiger partial charge in [0.2, 0.25) is 5.75 Å². The van der Waals surface area contributed by atoms with Crippen LogP contribution in [0.15, 0.2) is 35.4 Å². The van der Waals surface area contributed by atoms with Gasteiger partial charge in [0.15, 0.2) is 0 Å². The molecule has 136 valence electrons. The SMILES string of the molecule is Cc1cc(I)ccc1NCC(=O)NN=Cc1cc(Cl)cc([N+](=O)[O-])c1O. The molecule has 0 bridgehead atoms. The Kier molecular flexibility index (Phi) is 6.75. The van der Waals surface area contributed by atoms with Gasteiger partial charge in [0.25, 0.3) is 5.91 Å². The number of carbonyl (C=O) groups excluding carboxylic acids is 1. The van der Waals surface area contributed by atoms with E-state index in [1.54, 1.807) is 0 Å². The summed E-state index contributed by atoms with van der Waals surface area (Å²) >= 11 is 7.98. The van der Waals surface area contributed by atoms with Gasteiger partial charge in [-0.1, -0.05) is 11.6 Å². The van der Waals surface area contributed by atoms with E-state index in [4.69, 9.17) is 11.6 Å². The number of anilines is 1. The van der Waals surface area contributed by atoms with Crippen LogP contribution in [-0.2, 0) is 4.79 Å². The molecule has 0 radical (unpaired) electrons. The zero-order valence-electron chi connectivity index (χ0n) is 13.5. The zero-order chi connectivity index (χ0) is 19.3. The van der Waals surface area contributed by atoms with Crippen molar-refractivity contribution in [2.24, 2.45) is 5.10 Å². The topological polar surface area (TPSA) is 117 Å². The molecular weight excluding hydrogens is 475 g/mol. The van der Waals surface area contributed by atoms with Crippen LogP contribution in [0.4, 0.5) is 11.4 Å². The van der Waals surface area contributed by atoms with Crippen molar-refractivity contribution in [3.63, 3.8) is 0 Å². The number of rotatable bonds is 6. The molecule has 0 unspecified atom stereocenters. The molecule has 10 heteroatoms. The van der Waals surface area contributed by atoms with Gasteiger partial charge in [-0.3, -0.25) is 14.9 Å². The summed E-state index contributed by atoms with van der Waals surface area (Å²) in [7, 11) is 0. The summed E-state index contributed by atoms with van der Waals surface area (Å²) in [5.41, 5.74) is 3.58. The number of aromatic hydroxyl groups is 1. The first kappa shape index (κ1) is 19.9. The minimum atomic E-state index is -0.759. The van der Waals surface area contributed by atoms with Crippen molar-refractivity contribution in [1.82, 2.24) is 5.43 Å². The highest BCUT2D eigenvalue weighted by Crippen LogP contribution is 2.32. The lowest BCUT2D eigenvalue weighted by molar-refractivity contribution is -0.385. The Labute approximate surface area is 167 Å². The number of hydrazone groups is 1. The average Bonchev–Trinajstić information content (AvgIpc) is 2.56. The van der Waals surface area contributed by atoms with Crippen molar-refractivity contribution in [3.05, 3.63) is 60.2 Å². The van der Waals surface area contributed by atoms with E-state index < -0.39 is 22.3 Å². The molecule has 2 rings (SSSR count). The standard InChI is InChI=1S/C16H14ClIN4O4/c1-9-4-12(18)2-3-13(9)19-8-15(23)21-20-7-10-5-11(17)6-14(16(10)24)22(25)26/h2-7,19,24H,8H2,1H3,(H,21,23). The van der Waals surface area contributed by atoms with Gasteiger partial charge in [0, 0.05) is 25.9 Å². The van der Waals surface area contributed by atoms with Gasteiger partial charge in [0.05, 0.1) is 17.7 Å². The van der Waals surface area contributed by atoms with E-state index in [9.17, 15) is 20.0 Å². The van der Waals surface area contributed by atoms with Crippen LogP contribution in [0.1, 0.15) is 11.1 Å². The molecule has 26 heavy (non-hydrogen) atoms. The maximum absolute atomic E-state index is 11.8. The third kappa shape index (κ3) is 5.30. The van der Waals surface area contributed by atoms with Gasteiger partial charge in [-0.15, -0.1) is 0 Å². The molecule has 0 aliphatic carbocycles. The third-order valence-corrected chi connectivity index (χ3v) is 4.19. The lowest BCUT2D eigenvalue weighted by Crippen LogP contribution is -2.26. The molecule has 0 fully saturated rings. The van der Waals surface area contributed by atoms with Crippen LogP contribution in [0, 0.1) is 20.6 Å².